The van der Waals surface area contributed by atoms with Gasteiger partial charge in [0.2, 0.25) is 0 Å². The molecular weight excluding hydrogens is 299 g/mol. The van der Waals surface area contributed by atoms with E-state index in [0.717, 1.165) is 12.1 Å². The molecule has 0 atom stereocenters. The van der Waals surface area contributed by atoms with Gasteiger partial charge in [-0.25, -0.2) is 9.18 Å². The van der Waals surface area contributed by atoms with E-state index in [9.17, 15) is 9.18 Å². The van der Waals surface area contributed by atoms with Gasteiger partial charge in [0.05, 0.1) is 24.0 Å². The van der Waals surface area contributed by atoms with Crippen molar-refractivity contribution in [3.8, 4) is 5.75 Å². The number of hydrogen-bond acceptors (Lipinski definition) is 4. The highest BCUT2D eigenvalue weighted by molar-refractivity contribution is 6.31. The molecule has 0 aliphatic rings. The average molecular weight is 311 g/mol. The van der Waals surface area contributed by atoms with Gasteiger partial charge in [-0.3, -0.25) is 0 Å². The number of nitrogens with one attached hydrogen (secondary N) is 1. The molecule has 7 heteroatoms. The van der Waals surface area contributed by atoms with Crippen molar-refractivity contribution >= 4 is 34.6 Å². The maximum absolute atomic E-state index is 13.9. The fourth-order valence-corrected chi connectivity index (χ4v) is 1.96. The van der Waals surface area contributed by atoms with Gasteiger partial charge in [-0.15, -0.1) is 0 Å². The number of ether oxygens (including phenoxy) is 1. The number of halogens is 2. The Bertz CT molecular complexity index is 707. The van der Waals surface area contributed by atoms with E-state index in [1.165, 1.54) is 13.2 Å². The minimum atomic E-state index is -1.24. The second kappa shape index (κ2) is 5.88. The normalized spacial score (nSPS) is 10.2. The van der Waals surface area contributed by atoms with E-state index >= 15 is 0 Å². The number of nitrogens with two attached hydrogens (primary N) is 1. The van der Waals surface area contributed by atoms with E-state index in [2.05, 4.69) is 5.32 Å². The lowest BCUT2D eigenvalue weighted by Crippen LogP contribution is -2.05. The fraction of sp³-hybridized carbons (Fsp3) is 0.0714. The smallest absolute Gasteiger partial charge is 0.337 e. The Balaban J connectivity index is 2.46. The summed E-state index contributed by atoms with van der Waals surface area (Å²) < 4.78 is 19.0. The summed E-state index contributed by atoms with van der Waals surface area (Å²) >= 11 is 5.88. The number of rotatable bonds is 4. The van der Waals surface area contributed by atoms with Crippen molar-refractivity contribution in [3.05, 3.63) is 46.7 Å². The van der Waals surface area contributed by atoms with Gasteiger partial charge in [0.25, 0.3) is 0 Å². The molecule has 0 aromatic heterocycles. The highest BCUT2D eigenvalue weighted by Crippen LogP contribution is 2.32. The van der Waals surface area contributed by atoms with Gasteiger partial charge < -0.3 is 20.9 Å². The SMILES string of the molecule is COc1ccc(Cl)cc1Nc1cc(C(=O)O)c(N)cc1F. The van der Waals surface area contributed by atoms with Crippen LogP contribution >= 0.6 is 11.6 Å². The van der Waals surface area contributed by atoms with Gasteiger partial charge in [-0.2, -0.15) is 0 Å². The topological polar surface area (TPSA) is 84.6 Å². The molecule has 21 heavy (non-hydrogen) atoms. The van der Waals surface area contributed by atoms with E-state index < -0.39 is 11.8 Å². The van der Waals surface area contributed by atoms with Crippen LogP contribution in [0, 0.1) is 5.82 Å². The van der Waals surface area contributed by atoms with Crippen LogP contribution in [0.3, 0.4) is 0 Å². The number of aromatic carboxylic acids is 1. The molecule has 0 fully saturated rings. The van der Waals surface area contributed by atoms with Gasteiger partial charge in [-0.05, 0) is 30.3 Å². The molecule has 2 aromatic carbocycles. The summed E-state index contributed by atoms with van der Waals surface area (Å²) in [7, 11) is 1.45. The first kappa shape index (κ1) is 14.9. The molecule has 0 unspecified atom stereocenters. The monoisotopic (exact) mass is 310 g/mol. The molecule has 2 aromatic rings. The second-order valence-electron chi connectivity index (χ2n) is 4.19. The predicted molar refractivity (Wildman–Crippen MR) is 79.1 cm³/mol. The molecule has 0 saturated heterocycles. The molecule has 110 valence electrons. The van der Waals surface area contributed by atoms with Crippen molar-refractivity contribution < 1.29 is 19.0 Å². The minimum absolute atomic E-state index is 0.0397. The molecule has 0 aliphatic heterocycles. The van der Waals surface area contributed by atoms with Crippen molar-refractivity contribution in [2.24, 2.45) is 0 Å². The van der Waals surface area contributed by atoms with Gasteiger partial charge in [-0.1, -0.05) is 11.6 Å². The first-order chi connectivity index (χ1) is 9.92. The molecule has 0 spiro atoms. The van der Waals surface area contributed by atoms with E-state index in [1.54, 1.807) is 12.1 Å². The van der Waals surface area contributed by atoms with Crippen molar-refractivity contribution in [3.63, 3.8) is 0 Å². The van der Waals surface area contributed by atoms with Crippen LogP contribution in [0.25, 0.3) is 0 Å². The Morgan fingerprint density at radius 1 is 1.33 bits per heavy atom. The number of carbonyl (C=O) groups is 1. The van der Waals surface area contributed by atoms with E-state index in [0.29, 0.717) is 16.5 Å². The van der Waals surface area contributed by atoms with Gasteiger partial charge in [0.1, 0.15) is 11.6 Å². The Kier molecular flexibility index (Phi) is 4.18. The van der Waals surface area contributed by atoms with E-state index in [-0.39, 0.29) is 16.9 Å². The standard InChI is InChI=1S/C14H12ClFN2O3/c1-21-13-3-2-7(15)4-12(13)18-11-5-8(14(19)20)10(17)6-9(11)16/h2-6,18H,17H2,1H3,(H,19,20). The van der Waals surface area contributed by atoms with Gasteiger partial charge in [0, 0.05) is 10.7 Å². The van der Waals surface area contributed by atoms with Crippen molar-refractivity contribution in [1.29, 1.82) is 0 Å². The quantitative estimate of drug-likeness (QED) is 0.752. The van der Waals surface area contributed by atoms with Crippen LogP contribution in [-0.2, 0) is 0 Å². The number of hydrogen-bond donors (Lipinski definition) is 3. The predicted octanol–water partition coefficient (Wildman–Crippen LogP) is 3.51. The summed E-state index contributed by atoms with van der Waals surface area (Å²) in [5.41, 5.74) is 5.49. The minimum Gasteiger partial charge on any atom is -0.495 e. The van der Waals surface area contributed by atoms with Gasteiger partial charge in [0.15, 0.2) is 0 Å². The fourth-order valence-electron chi connectivity index (χ4n) is 1.79. The maximum atomic E-state index is 13.9. The highest BCUT2D eigenvalue weighted by atomic mass is 35.5. The number of benzene rings is 2. The molecule has 0 radical (unpaired) electrons. The maximum Gasteiger partial charge on any atom is 0.337 e. The molecule has 5 nitrogen and oxygen atoms in total. The summed E-state index contributed by atoms with van der Waals surface area (Å²) in [6.45, 7) is 0. The highest BCUT2D eigenvalue weighted by Gasteiger charge is 2.14. The van der Waals surface area contributed by atoms with Gasteiger partial charge >= 0.3 is 5.97 Å². The van der Waals surface area contributed by atoms with Crippen LogP contribution in [0.5, 0.6) is 5.75 Å². The lowest BCUT2D eigenvalue weighted by molar-refractivity contribution is 0.0698. The third kappa shape index (κ3) is 3.17. The lowest BCUT2D eigenvalue weighted by atomic mass is 10.1. The van der Waals surface area contributed by atoms with Crippen LogP contribution < -0.4 is 15.8 Å². The Morgan fingerprint density at radius 2 is 2.05 bits per heavy atom. The van der Waals surface area contributed by atoms with Crippen molar-refractivity contribution in [2.75, 3.05) is 18.2 Å². The van der Waals surface area contributed by atoms with Crippen LogP contribution in [0.2, 0.25) is 5.02 Å². The first-order valence-corrected chi connectivity index (χ1v) is 6.23. The molecule has 0 saturated carbocycles. The molecular formula is C14H12ClFN2O3. The third-order valence-electron chi connectivity index (χ3n) is 2.80. The number of carboxylic acid groups (broad SMARTS) is 1. The Morgan fingerprint density at radius 3 is 2.67 bits per heavy atom. The summed E-state index contributed by atoms with van der Waals surface area (Å²) in [6.07, 6.45) is 0. The van der Waals surface area contributed by atoms with Crippen molar-refractivity contribution in [1.82, 2.24) is 0 Å². The molecule has 4 N–H and O–H groups in total. The summed E-state index contributed by atoms with van der Waals surface area (Å²) in [5, 5.41) is 12.2. The number of nitrogen functional groups attached to an aromatic ring is 1. The van der Waals surface area contributed by atoms with Crippen LogP contribution in [0.4, 0.5) is 21.5 Å². The first-order valence-electron chi connectivity index (χ1n) is 5.85. The summed E-state index contributed by atoms with van der Waals surface area (Å²) in [6, 6.07) is 6.83. The molecule has 0 aliphatic carbocycles. The van der Waals surface area contributed by atoms with E-state index in [4.69, 9.17) is 27.2 Å². The summed E-state index contributed by atoms with van der Waals surface area (Å²) in [5.74, 6) is -1.49. The third-order valence-corrected chi connectivity index (χ3v) is 3.04. The number of carboxylic acids is 1. The largest absolute Gasteiger partial charge is 0.495 e. The second-order valence-corrected chi connectivity index (χ2v) is 4.63. The molecule has 0 amide bonds. The average Bonchev–Trinajstić information content (AvgIpc) is 2.41. The Labute approximate surface area is 125 Å². The van der Waals surface area contributed by atoms with Crippen molar-refractivity contribution in [2.45, 2.75) is 0 Å². The summed E-state index contributed by atoms with van der Waals surface area (Å²) in [4.78, 5) is 11.0. The Hall–Kier alpha value is -2.47. The lowest BCUT2D eigenvalue weighted by Gasteiger charge is -2.13. The zero-order chi connectivity index (χ0) is 15.6. The number of methoxy groups -OCH3 is 1. The molecule has 0 bridgehead atoms. The zero-order valence-electron chi connectivity index (χ0n) is 11.0. The van der Waals surface area contributed by atoms with Crippen LogP contribution in [0.1, 0.15) is 10.4 Å². The zero-order valence-corrected chi connectivity index (χ0v) is 11.7. The van der Waals surface area contributed by atoms with Crippen LogP contribution in [-0.4, -0.2) is 18.2 Å². The number of anilines is 3. The van der Waals surface area contributed by atoms with Crippen LogP contribution in [0.15, 0.2) is 30.3 Å². The van der Waals surface area contributed by atoms with E-state index in [1.807, 2.05) is 0 Å². The molecule has 0 heterocycles. The molecule has 2 rings (SSSR count).